The van der Waals surface area contributed by atoms with Crippen LogP contribution in [0.25, 0.3) is 0 Å². The lowest BCUT2D eigenvalue weighted by Gasteiger charge is -2.34. The first-order valence-corrected chi connectivity index (χ1v) is 5.82. The highest BCUT2D eigenvalue weighted by Gasteiger charge is 2.44. The average molecular weight is 212 g/mol. The Morgan fingerprint density at radius 1 is 1.53 bits per heavy atom. The molecule has 0 radical (unpaired) electrons. The number of amides is 1. The van der Waals surface area contributed by atoms with Crippen LogP contribution in [0.3, 0.4) is 0 Å². The molecule has 1 amide bonds. The molecule has 15 heavy (non-hydrogen) atoms. The molecule has 0 aromatic heterocycles. The van der Waals surface area contributed by atoms with Crippen LogP contribution in [-0.4, -0.2) is 35.2 Å². The fraction of sp³-hybridized carbons (Fsp3) is 0.909. The highest BCUT2D eigenvalue weighted by molar-refractivity contribution is 5.77. The third-order valence-electron chi connectivity index (χ3n) is 3.67. The van der Waals surface area contributed by atoms with E-state index in [1.54, 1.807) is 0 Å². The SMILES string of the molecule is C[C@]12C[C@@H](CO)N[C@H]1CCCCC(=O)N2. The van der Waals surface area contributed by atoms with Crippen LogP contribution < -0.4 is 10.6 Å². The maximum Gasteiger partial charge on any atom is 0.220 e. The van der Waals surface area contributed by atoms with E-state index < -0.39 is 0 Å². The van der Waals surface area contributed by atoms with Crippen molar-refractivity contribution in [2.75, 3.05) is 6.61 Å². The van der Waals surface area contributed by atoms with Crippen molar-refractivity contribution in [2.24, 2.45) is 0 Å². The van der Waals surface area contributed by atoms with Crippen LogP contribution in [0, 0.1) is 0 Å². The van der Waals surface area contributed by atoms with Gasteiger partial charge < -0.3 is 15.7 Å². The minimum Gasteiger partial charge on any atom is -0.395 e. The molecule has 86 valence electrons. The number of fused-ring (bicyclic) bond motifs is 1. The van der Waals surface area contributed by atoms with E-state index in [1.807, 2.05) is 0 Å². The Hall–Kier alpha value is -0.610. The van der Waals surface area contributed by atoms with Crippen LogP contribution in [0.1, 0.15) is 39.0 Å². The molecule has 3 atom stereocenters. The predicted octanol–water partition coefficient (Wildman–Crippen LogP) is 0.158. The molecule has 0 spiro atoms. The van der Waals surface area contributed by atoms with E-state index in [4.69, 9.17) is 5.11 Å². The Labute approximate surface area is 90.4 Å². The topological polar surface area (TPSA) is 61.4 Å². The largest absolute Gasteiger partial charge is 0.395 e. The van der Waals surface area contributed by atoms with E-state index in [1.165, 1.54) is 0 Å². The highest BCUT2D eigenvalue weighted by Crippen LogP contribution is 2.30. The number of aliphatic hydroxyl groups excluding tert-OH is 1. The van der Waals surface area contributed by atoms with Gasteiger partial charge in [0.25, 0.3) is 0 Å². The van der Waals surface area contributed by atoms with Crippen molar-refractivity contribution in [3.05, 3.63) is 0 Å². The second kappa shape index (κ2) is 4.10. The molecule has 2 fully saturated rings. The third kappa shape index (κ3) is 2.16. The first-order valence-electron chi connectivity index (χ1n) is 5.82. The summed E-state index contributed by atoms with van der Waals surface area (Å²) in [6.07, 6.45) is 4.64. The summed E-state index contributed by atoms with van der Waals surface area (Å²) in [7, 11) is 0. The quantitative estimate of drug-likeness (QED) is 0.580. The molecular weight excluding hydrogens is 192 g/mol. The van der Waals surface area contributed by atoms with Crippen LogP contribution in [0.15, 0.2) is 0 Å². The van der Waals surface area contributed by atoms with E-state index >= 15 is 0 Å². The van der Waals surface area contributed by atoms with Crippen molar-refractivity contribution in [3.63, 3.8) is 0 Å². The van der Waals surface area contributed by atoms with Crippen LogP contribution in [0.5, 0.6) is 0 Å². The van der Waals surface area contributed by atoms with E-state index in [0.717, 1.165) is 25.7 Å². The van der Waals surface area contributed by atoms with Crippen LogP contribution >= 0.6 is 0 Å². The standard InChI is InChI=1S/C11H20N2O2/c1-11-6-8(7-14)12-9(11)4-2-3-5-10(15)13-11/h8-9,12,14H,2-7H2,1H3,(H,13,15)/t8-,9-,11-/m0/s1. The molecule has 2 saturated heterocycles. The number of rotatable bonds is 1. The summed E-state index contributed by atoms with van der Waals surface area (Å²) in [6.45, 7) is 2.24. The Morgan fingerprint density at radius 2 is 2.33 bits per heavy atom. The molecule has 0 saturated carbocycles. The number of carbonyl (C=O) groups excluding carboxylic acids is 1. The van der Waals surface area contributed by atoms with Gasteiger partial charge in [-0.1, -0.05) is 6.42 Å². The molecule has 0 unspecified atom stereocenters. The van der Waals surface area contributed by atoms with Gasteiger partial charge in [-0.15, -0.1) is 0 Å². The maximum atomic E-state index is 11.6. The second-order valence-electron chi connectivity index (χ2n) is 5.01. The second-order valence-corrected chi connectivity index (χ2v) is 5.01. The smallest absolute Gasteiger partial charge is 0.220 e. The maximum absolute atomic E-state index is 11.6. The van der Waals surface area contributed by atoms with Crippen LogP contribution in [-0.2, 0) is 4.79 Å². The van der Waals surface area contributed by atoms with Gasteiger partial charge in [0.1, 0.15) is 0 Å². The summed E-state index contributed by atoms with van der Waals surface area (Å²) in [5.41, 5.74) is -0.162. The van der Waals surface area contributed by atoms with Crippen molar-refractivity contribution < 1.29 is 9.90 Å². The van der Waals surface area contributed by atoms with Crippen molar-refractivity contribution >= 4 is 5.91 Å². The van der Waals surface area contributed by atoms with Crippen LogP contribution in [0.4, 0.5) is 0 Å². The van der Waals surface area contributed by atoms with Gasteiger partial charge in [0.05, 0.1) is 12.1 Å². The van der Waals surface area contributed by atoms with Crippen molar-refractivity contribution in [1.82, 2.24) is 10.6 Å². The zero-order chi connectivity index (χ0) is 10.9. The molecule has 3 N–H and O–H groups in total. The fourth-order valence-corrected chi connectivity index (χ4v) is 2.85. The normalized spacial score (nSPS) is 41.6. The van der Waals surface area contributed by atoms with E-state index in [2.05, 4.69) is 17.6 Å². The van der Waals surface area contributed by atoms with E-state index in [9.17, 15) is 4.79 Å². The molecule has 0 bridgehead atoms. The lowest BCUT2D eigenvalue weighted by atomic mass is 9.86. The molecule has 2 aliphatic rings. The first kappa shape index (κ1) is 10.9. The zero-order valence-corrected chi connectivity index (χ0v) is 9.25. The molecule has 4 heteroatoms. The number of nitrogens with one attached hydrogen (secondary N) is 2. The molecule has 0 aromatic rings. The minimum absolute atomic E-state index is 0.137. The van der Waals surface area contributed by atoms with Gasteiger partial charge in [-0.05, 0) is 26.2 Å². The summed E-state index contributed by atoms with van der Waals surface area (Å²) in [5, 5.41) is 15.7. The Bertz CT molecular complexity index is 257. The summed E-state index contributed by atoms with van der Waals surface area (Å²) in [5.74, 6) is 0.155. The minimum atomic E-state index is -0.162. The first-order chi connectivity index (χ1) is 7.14. The van der Waals surface area contributed by atoms with Crippen molar-refractivity contribution in [3.8, 4) is 0 Å². The lowest BCUT2D eigenvalue weighted by Crippen LogP contribution is -2.54. The van der Waals surface area contributed by atoms with E-state index in [-0.39, 0.29) is 24.1 Å². The summed E-state index contributed by atoms with van der Waals surface area (Å²) >= 11 is 0. The summed E-state index contributed by atoms with van der Waals surface area (Å²) < 4.78 is 0. The Morgan fingerprint density at radius 3 is 3.07 bits per heavy atom. The molecule has 0 aliphatic carbocycles. The van der Waals surface area contributed by atoms with Gasteiger partial charge >= 0.3 is 0 Å². The highest BCUT2D eigenvalue weighted by atomic mass is 16.3. The Kier molecular flexibility index (Phi) is 2.98. The van der Waals surface area contributed by atoms with Crippen molar-refractivity contribution in [2.45, 2.75) is 56.7 Å². The van der Waals surface area contributed by atoms with Crippen LogP contribution in [0.2, 0.25) is 0 Å². The van der Waals surface area contributed by atoms with Gasteiger partial charge in [-0.3, -0.25) is 4.79 Å². The number of aliphatic hydroxyl groups is 1. The number of carbonyl (C=O) groups is 1. The van der Waals surface area contributed by atoms with Gasteiger partial charge in [0.2, 0.25) is 5.91 Å². The van der Waals surface area contributed by atoms with Gasteiger partial charge in [-0.25, -0.2) is 0 Å². The summed E-state index contributed by atoms with van der Waals surface area (Å²) in [4.78, 5) is 11.6. The number of hydrogen-bond acceptors (Lipinski definition) is 3. The summed E-state index contributed by atoms with van der Waals surface area (Å²) in [6, 6.07) is 0.456. The molecule has 2 rings (SSSR count). The lowest BCUT2D eigenvalue weighted by molar-refractivity contribution is -0.123. The molecular formula is C11H20N2O2. The molecule has 0 aromatic carbocycles. The fourth-order valence-electron chi connectivity index (χ4n) is 2.85. The number of hydrogen-bond donors (Lipinski definition) is 3. The zero-order valence-electron chi connectivity index (χ0n) is 9.25. The van der Waals surface area contributed by atoms with Gasteiger partial charge in [0.15, 0.2) is 0 Å². The molecule has 2 aliphatic heterocycles. The van der Waals surface area contributed by atoms with Gasteiger partial charge in [0, 0.05) is 18.5 Å². The monoisotopic (exact) mass is 212 g/mol. The molecule has 2 heterocycles. The predicted molar refractivity (Wildman–Crippen MR) is 57.4 cm³/mol. The average Bonchev–Trinajstić information content (AvgIpc) is 2.47. The third-order valence-corrected chi connectivity index (χ3v) is 3.67. The van der Waals surface area contributed by atoms with E-state index in [0.29, 0.717) is 12.5 Å². The Balaban J connectivity index is 2.11. The van der Waals surface area contributed by atoms with Crippen molar-refractivity contribution in [1.29, 1.82) is 0 Å². The van der Waals surface area contributed by atoms with Gasteiger partial charge in [-0.2, -0.15) is 0 Å². The molecule has 4 nitrogen and oxygen atoms in total.